The Morgan fingerprint density at radius 3 is 2.58 bits per heavy atom. The number of rotatable bonds is 10. The van der Waals surface area contributed by atoms with Crippen LogP contribution in [0.1, 0.15) is 30.4 Å². The second-order valence-corrected chi connectivity index (χ2v) is 10.4. The average Bonchev–Trinajstić information content (AvgIpc) is 3.28. The molecule has 0 aliphatic heterocycles. The first-order chi connectivity index (χ1) is 17.1. The van der Waals surface area contributed by atoms with Crippen LogP contribution in [0.15, 0.2) is 47.5 Å². The van der Waals surface area contributed by atoms with Gasteiger partial charge in [-0.2, -0.15) is 5.26 Å². The minimum absolute atomic E-state index is 0.0950. The number of sulfonamides is 1. The number of benzene rings is 2. The minimum atomic E-state index is -4.03. The molecule has 0 fully saturated rings. The number of carbonyl (C=O) groups is 2. The number of aryl methyl sites for hydroxylation is 1. The summed E-state index contributed by atoms with van der Waals surface area (Å²) in [5, 5.41) is 15.0. The fourth-order valence-electron chi connectivity index (χ4n) is 3.74. The fraction of sp³-hybridized carbons (Fsp3) is 0.320. The van der Waals surface area contributed by atoms with E-state index < -0.39 is 21.8 Å². The van der Waals surface area contributed by atoms with E-state index in [0.717, 1.165) is 31.4 Å². The Bertz CT molecular complexity index is 1410. The van der Waals surface area contributed by atoms with Crippen molar-refractivity contribution in [2.75, 3.05) is 37.2 Å². The van der Waals surface area contributed by atoms with E-state index in [0.29, 0.717) is 23.0 Å². The summed E-state index contributed by atoms with van der Waals surface area (Å²) < 4.78 is 28.7. The zero-order valence-electron chi connectivity index (χ0n) is 20.5. The number of H-pyrrole nitrogens is 1. The van der Waals surface area contributed by atoms with Gasteiger partial charge in [-0.05, 0) is 70.2 Å². The lowest BCUT2D eigenvalue weighted by atomic mass is 10.1. The number of anilines is 2. The Kier molecular flexibility index (Phi) is 8.68. The highest BCUT2D eigenvalue weighted by molar-refractivity contribution is 7.92. The zero-order valence-corrected chi connectivity index (χ0v) is 21.3. The van der Waals surface area contributed by atoms with E-state index in [-0.39, 0.29) is 16.3 Å². The Morgan fingerprint density at radius 1 is 1.08 bits per heavy atom. The molecule has 0 bridgehead atoms. The van der Waals surface area contributed by atoms with Crippen LogP contribution >= 0.6 is 0 Å². The molecule has 0 unspecified atom stereocenters. The van der Waals surface area contributed by atoms with E-state index in [9.17, 15) is 23.3 Å². The van der Waals surface area contributed by atoms with Gasteiger partial charge in [0.1, 0.15) is 6.07 Å². The van der Waals surface area contributed by atoms with Crippen LogP contribution in [0.2, 0.25) is 0 Å². The van der Waals surface area contributed by atoms with Crippen molar-refractivity contribution in [2.24, 2.45) is 0 Å². The van der Waals surface area contributed by atoms with Crippen LogP contribution in [-0.2, 0) is 19.6 Å². The minimum Gasteiger partial charge on any atom is -0.358 e. The summed E-state index contributed by atoms with van der Waals surface area (Å²) in [5.41, 5.74) is 2.21. The summed E-state index contributed by atoms with van der Waals surface area (Å²) in [4.78, 5) is 29.3. The third kappa shape index (κ3) is 6.62. The van der Waals surface area contributed by atoms with E-state index in [1.54, 1.807) is 12.1 Å². The fourth-order valence-corrected chi connectivity index (χ4v) is 4.86. The molecule has 3 rings (SSSR count). The molecule has 0 aliphatic rings. The Morgan fingerprint density at radius 2 is 1.86 bits per heavy atom. The number of nitriles is 1. The Labute approximate surface area is 210 Å². The molecule has 190 valence electrons. The standard InChI is InChI=1S/C25H30N6O4S/c1-17-10-11-21(23-22(17)18(15-26)16-28-23)30-36(34,35)20-9-7-8-19(14-20)29-25(33)24(32)27-12-5-4-6-13-31(2)3/h7-11,14,16,28,30H,4-6,12-13H2,1-3H3,(H,27,32)(H,29,33). The molecule has 0 aliphatic carbocycles. The normalized spacial score (nSPS) is 11.3. The van der Waals surface area contributed by atoms with Crippen molar-refractivity contribution >= 4 is 44.1 Å². The van der Waals surface area contributed by atoms with Gasteiger partial charge in [0.15, 0.2) is 0 Å². The van der Waals surface area contributed by atoms with E-state index in [1.165, 1.54) is 30.5 Å². The first kappa shape index (κ1) is 26.7. The number of hydrogen-bond acceptors (Lipinski definition) is 6. The van der Waals surface area contributed by atoms with Crippen LogP contribution in [-0.4, -0.2) is 57.3 Å². The molecule has 36 heavy (non-hydrogen) atoms. The molecule has 10 nitrogen and oxygen atoms in total. The van der Waals surface area contributed by atoms with Gasteiger partial charge < -0.3 is 20.5 Å². The maximum absolute atomic E-state index is 13.1. The number of nitrogens with one attached hydrogen (secondary N) is 4. The lowest BCUT2D eigenvalue weighted by Crippen LogP contribution is -2.36. The smallest absolute Gasteiger partial charge is 0.313 e. The second kappa shape index (κ2) is 11.7. The molecule has 4 N–H and O–H groups in total. The maximum atomic E-state index is 13.1. The largest absolute Gasteiger partial charge is 0.358 e. The van der Waals surface area contributed by atoms with Crippen molar-refractivity contribution in [1.29, 1.82) is 5.26 Å². The van der Waals surface area contributed by atoms with Crippen LogP contribution in [0.25, 0.3) is 10.9 Å². The molecule has 0 saturated heterocycles. The van der Waals surface area contributed by atoms with Crippen LogP contribution < -0.4 is 15.4 Å². The highest BCUT2D eigenvalue weighted by Crippen LogP contribution is 2.30. The topological polar surface area (TPSA) is 147 Å². The Hall–Kier alpha value is -3.88. The summed E-state index contributed by atoms with van der Waals surface area (Å²) >= 11 is 0. The van der Waals surface area contributed by atoms with Gasteiger partial charge in [-0.15, -0.1) is 0 Å². The molecule has 1 aromatic heterocycles. The molecule has 1 heterocycles. The number of amides is 2. The summed E-state index contributed by atoms with van der Waals surface area (Å²) in [6.45, 7) is 3.18. The molecule has 11 heteroatoms. The molecule has 2 amide bonds. The molecule has 2 aromatic carbocycles. The lowest BCUT2D eigenvalue weighted by Gasteiger charge is -2.12. The molecular weight excluding hydrogens is 480 g/mol. The summed E-state index contributed by atoms with van der Waals surface area (Å²) in [6, 6.07) is 11.1. The van der Waals surface area contributed by atoms with Gasteiger partial charge in [-0.1, -0.05) is 18.6 Å². The highest BCUT2D eigenvalue weighted by atomic mass is 32.2. The highest BCUT2D eigenvalue weighted by Gasteiger charge is 2.19. The quantitative estimate of drug-likeness (QED) is 0.244. The van der Waals surface area contributed by atoms with E-state index in [1.807, 2.05) is 21.0 Å². The van der Waals surface area contributed by atoms with E-state index >= 15 is 0 Å². The third-order valence-electron chi connectivity index (χ3n) is 5.58. The van der Waals surface area contributed by atoms with Crippen LogP contribution in [0.3, 0.4) is 0 Å². The van der Waals surface area contributed by atoms with Crippen molar-refractivity contribution in [2.45, 2.75) is 31.1 Å². The van der Waals surface area contributed by atoms with Crippen LogP contribution in [0, 0.1) is 18.3 Å². The predicted molar refractivity (Wildman–Crippen MR) is 139 cm³/mol. The molecule has 0 atom stereocenters. The number of unbranched alkanes of at least 4 members (excludes halogenated alkanes) is 2. The SMILES string of the molecule is Cc1ccc(NS(=O)(=O)c2cccc(NC(=O)C(=O)NCCCCCN(C)C)c2)c2[nH]cc(C#N)c12. The van der Waals surface area contributed by atoms with Crippen LogP contribution in [0.4, 0.5) is 11.4 Å². The van der Waals surface area contributed by atoms with Crippen molar-refractivity contribution in [3.05, 3.63) is 53.7 Å². The number of carbonyl (C=O) groups excluding carboxylic acids is 2. The first-order valence-electron chi connectivity index (χ1n) is 11.5. The van der Waals surface area contributed by atoms with Crippen molar-refractivity contribution in [3.63, 3.8) is 0 Å². The lowest BCUT2D eigenvalue weighted by molar-refractivity contribution is -0.136. The Balaban J connectivity index is 1.65. The number of hydrogen-bond donors (Lipinski definition) is 4. The van der Waals surface area contributed by atoms with Crippen molar-refractivity contribution in [1.82, 2.24) is 15.2 Å². The summed E-state index contributed by atoms with van der Waals surface area (Å²) in [7, 11) is -0.0373. The number of aromatic nitrogens is 1. The number of fused-ring (bicyclic) bond motifs is 1. The van der Waals surface area contributed by atoms with Gasteiger partial charge in [0, 0.05) is 23.8 Å². The van der Waals surface area contributed by atoms with E-state index in [4.69, 9.17) is 0 Å². The van der Waals surface area contributed by atoms with Gasteiger partial charge in [0.25, 0.3) is 10.0 Å². The van der Waals surface area contributed by atoms with E-state index in [2.05, 4.69) is 31.3 Å². The van der Waals surface area contributed by atoms with Gasteiger partial charge in [-0.3, -0.25) is 14.3 Å². The predicted octanol–water partition coefficient (Wildman–Crippen LogP) is 2.94. The average molecular weight is 511 g/mol. The number of aromatic amines is 1. The molecule has 3 aromatic rings. The first-order valence-corrected chi connectivity index (χ1v) is 13.0. The second-order valence-electron chi connectivity index (χ2n) is 8.70. The third-order valence-corrected chi connectivity index (χ3v) is 6.95. The summed E-state index contributed by atoms with van der Waals surface area (Å²) in [6.07, 6.45) is 4.22. The van der Waals surface area contributed by atoms with Crippen LogP contribution in [0.5, 0.6) is 0 Å². The zero-order chi connectivity index (χ0) is 26.3. The monoisotopic (exact) mass is 510 g/mol. The van der Waals surface area contributed by atoms with Gasteiger partial charge in [-0.25, -0.2) is 8.42 Å². The van der Waals surface area contributed by atoms with Crippen molar-refractivity contribution in [3.8, 4) is 6.07 Å². The summed E-state index contributed by atoms with van der Waals surface area (Å²) in [5.74, 6) is -1.66. The van der Waals surface area contributed by atoms with Gasteiger partial charge >= 0.3 is 11.8 Å². The molecule has 0 spiro atoms. The van der Waals surface area contributed by atoms with Crippen molar-refractivity contribution < 1.29 is 18.0 Å². The maximum Gasteiger partial charge on any atom is 0.313 e. The molecule has 0 saturated carbocycles. The molecular formula is C25H30N6O4S. The number of nitrogens with zero attached hydrogens (tertiary/aromatic N) is 2. The molecule has 0 radical (unpaired) electrons. The van der Waals surface area contributed by atoms with Gasteiger partial charge in [0.2, 0.25) is 0 Å². The van der Waals surface area contributed by atoms with Gasteiger partial charge in [0.05, 0.1) is 21.7 Å².